The number of carboxylic acid groups (broad SMARTS) is 1. The van der Waals surface area contributed by atoms with Crippen molar-refractivity contribution in [3.8, 4) is 23.0 Å². The summed E-state index contributed by atoms with van der Waals surface area (Å²) in [5.74, 6) is 1.91. The number of aromatic carboxylic acids is 1. The molecule has 4 aromatic carbocycles. The molecule has 0 radical (unpaired) electrons. The van der Waals surface area contributed by atoms with Crippen molar-refractivity contribution in [3.63, 3.8) is 0 Å². The molecule has 0 bridgehead atoms. The van der Waals surface area contributed by atoms with Crippen LogP contribution in [0.15, 0.2) is 61.8 Å². The minimum Gasteiger partial charge on any atom is -1.00 e. The topological polar surface area (TPSA) is 257 Å². The fourth-order valence-corrected chi connectivity index (χ4v) is 9.06. The van der Waals surface area contributed by atoms with Gasteiger partial charge < -0.3 is 64.2 Å². The molecule has 3 heterocycles. The summed E-state index contributed by atoms with van der Waals surface area (Å²) >= 11 is 56.3. The number of phenols is 1. The Morgan fingerprint density at radius 1 is 0.529 bits per heavy atom. The van der Waals surface area contributed by atoms with Gasteiger partial charge in [-0.2, -0.15) is 0 Å². The third-order valence-corrected chi connectivity index (χ3v) is 15.9. The maximum absolute atomic E-state index is 11.4. The Labute approximate surface area is 693 Å². The molecule has 3 aromatic heterocycles. The standard InChI is InChI=1S/C16H16Cl2O4.C15H14Cl2O4.C9H10Cl2O.C8H8Cl2O.C7H7ClO3.CH3I.CH2O3.3K.H2O.H/c1-8-11(15(20-3)14(18)9(2)13(8)17)7-10-5-6-12(22-10)16(19)21-4;1-7-10(6-9-4-5-11(21-9)15(18)19)14(20-3)13(17)8(2)12(7)16;1-5-4-7(12-3)9(11)6(2)8(5)10;1-4-3-6(11)8(10)5(2)7(4)9;1-10-7(9)6-3-2-5(4-8)11-6;1-2;2-1-4-3;;;;;/h5-6H,7H2,1-4H3;4-5H,6H2,1-3H3,(H,18,19);4H,1-3H3;3,11H,1-2H3;2-3H,4H2,1H3;1H3;1,3H;;;;1H2;/q;;;;;;;3*+1;;-1/p-2. The van der Waals surface area contributed by atoms with Crippen molar-refractivity contribution >= 4 is 151 Å². The summed E-state index contributed by atoms with van der Waals surface area (Å²) in [4.78, 5) is 46.3. The minimum absolute atomic E-state index is 0. The van der Waals surface area contributed by atoms with Crippen molar-refractivity contribution < 1.29 is 238 Å². The third kappa shape index (κ3) is 27.7. The van der Waals surface area contributed by atoms with E-state index in [9.17, 15) is 19.5 Å². The van der Waals surface area contributed by atoms with E-state index in [4.69, 9.17) is 147 Å². The first-order valence-electron chi connectivity index (χ1n) is 23.5. The number of hydrogen-bond donors (Lipinski definition) is 2. The number of rotatable bonds is 12. The van der Waals surface area contributed by atoms with Gasteiger partial charge in [-0.05, 0) is 153 Å². The van der Waals surface area contributed by atoms with Crippen LogP contribution >= 0.6 is 127 Å². The van der Waals surface area contributed by atoms with Crippen molar-refractivity contribution in [2.24, 2.45) is 0 Å². The van der Waals surface area contributed by atoms with E-state index in [2.05, 4.69) is 37.0 Å². The van der Waals surface area contributed by atoms with Crippen LogP contribution in [0.4, 0.5) is 0 Å². The summed E-state index contributed by atoms with van der Waals surface area (Å²) in [7, 11) is 7.28. The number of aryl methyl sites for hydroxylation is 2. The van der Waals surface area contributed by atoms with E-state index in [1.807, 2.05) is 59.5 Å². The molecule has 464 valence electrons. The van der Waals surface area contributed by atoms with Gasteiger partial charge in [0.1, 0.15) is 40.3 Å². The summed E-state index contributed by atoms with van der Waals surface area (Å²) < 4.78 is 40.6. The summed E-state index contributed by atoms with van der Waals surface area (Å²) in [6.07, 6.45) is 0.758. The molecule has 0 saturated heterocycles. The number of ether oxygens (including phenoxy) is 5. The number of halogens is 10. The fraction of sp³-hybridized carbons (Fsp3) is 0.298. The molecule has 7 rings (SSSR count). The molecular weight excluding hydrogens is 1520 g/mol. The summed E-state index contributed by atoms with van der Waals surface area (Å²) in [6.45, 7) is 14.6. The maximum atomic E-state index is 11.4. The Morgan fingerprint density at radius 3 is 1.18 bits per heavy atom. The van der Waals surface area contributed by atoms with Crippen LogP contribution in [0.5, 0.6) is 23.0 Å². The molecular formula is C57H61Cl9IK3O17. The van der Waals surface area contributed by atoms with E-state index < -0.39 is 17.9 Å². The van der Waals surface area contributed by atoms with Gasteiger partial charge in [-0.15, -0.1) is 11.6 Å². The second-order valence-electron chi connectivity index (χ2n) is 16.7. The molecule has 0 saturated carbocycles. The molecule has 0 fully saturated rings. The van der Waals surface area contributed by atoms with E-state index in [-0.39, 0.29) is 196 Å². The number of hydrogen-bond acceptors (Lipinski definition) is 16. The van der Waals surface area contributed by atoms with E-state index in [0.29, 0.717) is 87.6 Å². The van der Waals surface area contributed by atoms with Crippen LogP contribution in [0, 0.1) is 55.4 Å². The van der Waals surface area contributed by atoms with E-state index in [1.54, 1.807) is 51.5 Å². The molecule has 17 nitrogen and oxygen atoms in total. The number of phenolic OH excluding ortho intramolecular Hbond substituents is 1. The minimum atomic E-state index is -1.11. The van der Waals surface area contributed by atoms with Crippen LogP contribution in [0.2, 0.25) is 40.2 Å². The van der Waals surface area contributed by atoms with Gasteiger partial charge in [-0.3, -0.25) is 4.79 Å². The van der Waals surface area contributed by atoms with Crippen LogP contribution in [0.25, 0.3) is 0 Å². The van der Waals surface area contributed by atoms with Crippen LogP contribution in [0.3, 0.4) is 0 Å². The number of alkyl halides is 2. The third-order valence-electron chi connectivity index (χ3n) is 11.4. The summed E-state index contributed by atoms with van der Waals surface area (Å²) in [5.41, 5.74) is 8.26. The number of benzene rings is 4. The van der Waals surface area contributed by atoms with Crippen LogP contribution in [-0.4, -0.2) is 80.5 Å². The van der Waals surface area contributed by atoms with Crippen molar-refractivity contribution in [1.29, 1.82) is 0 Å². The van der Waals surface area contributed by atoms with Crippen molar-refractivity contribution in [3.05, 3.63) is 179 Å². The SMILES string of the molecule is CI.COC(=O)c1ccc(CCl)o1.COC(=O)c1ccc(Cc2c(C)c(Cl)c(C)c(Cl)c2OC)o1.COc1c(Cl)c(C)c(Cl)c(C)c1Cc1ccc(C(=O)O)o1.COc1cc(C)c(Cl)c(C)c1Cl.Cc1cc(O)c(Cl)c(C)c1Cl.O=CO[O-].[H-].[K+].[K+].[K+].[OH-]. The second-order valence-corrected chi connectivity index (χ2v) is 20.0. The predicted octanol–water partition coefficient (Wildman–Crippen LogP) is 8.26. The van der Waals surface area contributed by atoms with Crippen LogP contribution in [0.1, 0.15) is 106 Å². The van der Waals surface area contributed by atoms with Gasteiger partial charge in [0.25, 0.3) is 6.47 Å². The molecule has 0 aliphatic heterocycles. The van der Waals surface area contributed by atoms with Gasteiger partial charge >= 0.3 is 172 Å². The maximum Gasteiger partial charge on any atom is 1.00 e. The Balaban J connectivity index is -0.000000323. The smallest absolute Gasteiger partial charge is 1.00 e. The zero-order chi connectivity index (χ0) is 63.7. The molecule has 0 unspecified atom stereocenters. The number of methoxy groups -OCH3 is 5. The first kappa shape index (κ1) is 93.4. The molecule has 0 aliphatic carbocycles. The molecule has 30 heteroatoms. The Kier molecular flexibility index (Phi) is 51.3. The number of esters is 2. The Hall–Kier alpha value is -0.0309. The zero-order valence-electron chi connectivity index (χ0n) is 51.7. The summed E-state index contributed by atoms with van der Waals surface area (Å²) in [6, 6.07) is 12.9. The molecule has 0 atom stereocenters. The monoisotopic (exact) mass is 1580 g/mol. The van der Waals surface area contributed by atoms with Gasteiger partial charge in [0, 0.05) is 44.1 Å². The van der Waals surface area contributed by atoms with Gasteiger partial charge in [-0.1, -0.05) is 115 Å². The number of carbonyl (C=O) groups is 4. The van der Waals surface area contributed by atoms with Crippen molar-refractivity contribution in [1.82, 2.24) is 0 Å². The quantitative estimate of drug-likeness (QED) is 0.0222. The van der Waals surface area contributed by atoms with Gasteiger partial charge in [-0.25, -0.2) is 14.4 Å². The number of aromatic hydroxyl groups is 1. The molecule has 0 amide bonds. The normalized spacial score (nSPS) is 9.48. The second kappa shape index (κ2) is 47.8. The molecule has 3 N–H and O–H groups in total. The van der Waals surface area contributed by atoms with Crippen LogP contribution < -0.4 is 174 Å². The molecule has 87 heavy (non-hydrogen) atoms. The first-order chi connectivity index (χ1) is 39.1. The number of furan rings is 3. The first-order valence-corrected chi connectivity index (χ1v) is 29.3. The number of carbonyl (C=O) groups excluding carboxylic acids is 3. The summed E-state index contributed by atoms with van der Waals surface area (Å²) in [5, 5.41) is 30.9. The van der Waals surface area contributed by atoms with Crippen LogP contribution in [-0.2, 0) is 37.9 Å². The van der Waals surface area contributed by atoms with Gasteiger partial charge in [0.2, 0.25) is 17.3 Å². The predicted molar refractivity (Wildman–Crippen MR) is 336 cm³/mol. The largest absolute Gasteiger partial charge is 1.00 e. The fourth-order valence-electron chi connectivity index (χ4n) is 7.06. The van der Waals surface area contributed by atoms with Crippen molar-refractivity contribution in [2.75, 3.05) is 40.5 Å². The van der Waals surface area contributed by atoms with E-state index in [1.165, 1.54) is 33.5 Å². The molecule has 7 aromatic rings. The van der Waals surface area contributed by atoms with Gasteiger partial charge in [0.05, 0.1) is 61.5 Å². The number of carboxylic acids is 1. The van der Waals surface area contributed by atoms with E-state index >= 15 is 0 Å². The average Bonchev–Trinajstić information content (AvgIpc) is 3.67. The zero-order valence-corrected chi connectivity index (χ0v) is 69.0. The van der Waals surface area contributed by atoms with E-state index in [0.717, 1.165) is 55.6 Å². The molecule has 0 spiro atoms. The van der Waals surface area contributed by atoms with Crippen molar-refractivity contribution in [2.45, 2.75) is 74.1 Å². The van der Waals surface area contributed by atoms with Gasteiger partial charge in [0.15, 0.2) is 0 Å². The Morgan fingerprint density at radius 2 is 0.862 bits per heavy atom. The Bertz CT molecular complexity index is 3320. The molecule has 0 aliphatic rings. The average molecular weight is 1580 g/mol.